The maximum atomic E-state index is 12.6. The molecule has 0 saturated heterocycles. The zero-order valence-electron chi connectivity index (χ0n) is 14.7. The quantitative estimate of drug-likeness (QED) is 0.713. The number of ether oxygens (including phenoxy) is 1. The number of fused-ring (bicyclic) bond motifs is 1. The van der Waals surface area contributed by atoms with E-state index in [1.165, 1.54) is 11.3 Å². The smallest absolute Gasteiger partial charge is 0.341 e. The summed E-state index contributed by atoms with van der Waals surface area (Å²) in [5, 5.41) is 13.7. The molecule has 1 N–H and O–H groups in total. The Morgan fingerprint density at radius 2 is 1.96 bits per heavy atom. The van der Waals surface area contributed by atoms with Crippen LogP contribution in [0.1, 0.15) is 73.2 Å². The van der Waals surface area contributed by atoms with E-state index in [0.29, 0.717) is 10.6 Å². The molecule has 7 heteroatoms. The summed E-state index contributed by atoms with van der Waals surface area (Å²) in [6, 6.07) is 0. The first-order valence-electron chi connectivity index (χ1n) is 8.77. The number of anilines is 1. The van der Waals surface area contributed by atoms with Crippen LogP contribution in [0.3, 0.4) is 0 Å². The average Bonchev–Trinajstić information content (AvgIpc) is 2.91. The van der Waals surface area contributed by atoms with E-state index in [4.69, 9.17) is 4.74 Å². The minimum Gasteiger partial charge on any atom is -0.550 e. The van der Waals surface area contributed by atoms with Gasteiger partial charge in [-0.1, -0.05) is 6.92 Å². The predicted octanol–water partition coefficient (Wildman–Crippen LogP) is 2.44. The molecule has 0 aliphatic heterocycles. The minimum absolute atomic E-state index is 0.0798. The van der Waals surface area contributed by atoms with Gasteiger partial charge in [0.15, 0.2) is 0 Å². The van der Waals surface area contributed by atoms with E-state index in [9.17, 15) is 19.5 Å². The molecular formula is C18H24NO5S-. The van der Waals surface area contributed by atoms with Gasteiger partial charge in [-0.05, 0) is 57.4 Å². The molecule has 2 rings (SSSR count). The van der Waals surface area contributed by atoms with Gasteiger partial charge in [-0.25, -0.2) is 4.79 Å². The van der Waals surface area contributed by atoms with Crippen LogP contribution in [-0.2, 0) is 27.2 Å². The van der Waals surface area contributed by atoms with Gasteiger partial charge in [0.1, 0.15) is 5.00 Å². The number of aliphatic carboxylic acids is 1. The fraction of sp³-hybridized carbons (Fsp3) is 0.611. The van der Waals surface area contributed by atoms with Gasteiger partial charge in [0.05, 0.1) is 11.7 Å². The summed E-state index contributed by atoms with van der Waals surface area (Å²) < 4.78 is 5.48. The van der Waals surface area contributed by atoms with Crippen LogP contribution in [0, 0.1) is 0 Å². The Balaban J connectivity index is 2.16. The Labute approximate surface area is 151 Å². The normalized spacial score (nSPS) is 14.5. The first-order valence-corrected chi connectivity index (χ1v) is 9.59. The third kappa shape index (κ3) is 5.29. The van der Waals surface area contributed by atoms with Gasteiger partial charge in [0, 0.05) is 17.3 Å². The molecule has 1 aromatic rings. The number of thiophene rings is 1. The van der Waals surface area contributed by atoms with Gasteiger partial charge in [0.25, 0.3) is 0 Å². The van der Waals surface area contributed by atoms with Crippen molar-refractivity contribution in [1.82, 2.24) is 0 Å². The van der Waals surface area contributed by atoms with E-state index in [0.717, 1.165) is 42.5 Å². The molecule has 6 nitrogen and oxygen atoms in total. The zero-order valence-corrected chi connectivity index (χ0v) is 15.5. The van der Waals surface area contributed by atoms with Crippen molar-refractivity contribution in [1.29, 1.82) is 0 Å². The molecule has 0 saturated carbocycles. The van der Waals surface area contributed by atoms with E-state index < -0.39 is 11.9 Å². The topological polar surface area (TPSA) is 95.5 Å². The molecule has 138 valence electrons. The molecule has 25 heavy (non-hydrogen) atoms. The second-order valence-corrected chi connectivity index (χ2v) is 7.42. The molecule has 1 aliphatic carbocycles. The Kier molecular flexibility index (Phi) is 6.99. The Morgan fingerprint density at radius 1 is 1.24 bits per heavy atom. The summed E-state index contributed by atoms with van der Waals surface area (Å²) in [5.74, 6) is -1.85. The Bertz CT molecular complexity index is 652. The van der Waals surface area contributed by atoms with E-state index in [1.54, 1.807) is 0 Å². The summed E-state index contributed by atoms with van der Waals surface area (Å²) in [5.41, 5.74) is 1.47. The summed E-state index contributed by atoms with van der Waals surface area (Å²) in [7, 11) is 0. The predicted molar refractivity (Wildman–Crippen MR) is 93.6 cm³/mol. The lowest BCUT2D eigenvalue weighted by Gasteiger charge is -2.15. The van der Waals surface area contributed by atoms with Crippen molar-refractivity contribution in [3.63, 3.8) is 0 Å². The summed E-state index contributed by atoms with van der Waals surface area (Å²) in [6.45, 7) is 3.79. The third-order valence-corrected chi connectivity index (χ3v) is 5.50. The highest BCUT2D eigenvalue weighted by atomic mass is 32.1. The standard InChI is InChI=1S/C18H25NO5S/c1-3-11(2)24-18(23)16-12-7-4-5-8-13(12)25-17(16)19-14(20)9-6-10-15(21)22/h11H,3-10H2,1-2H3,(H,19,20)(H,21,22)/p-1/t11-/m1/s1. The van der Waals surface area contributed by atoms with Gasteiger partial charge in [-0.3, -0.25) is 4.79 Å². The van der Waals surface area contributed by atoms with Crippen LogP contribution in [0.25, 0.3) is 0 Å². The third-order valence-electron chi connectivity index (χ3n) is 4.30. The molecule has 0 fully saturated rings. The van der Waals surface area contributed by atoms with Crippen LogP contribution in [0.2, 0.25) is 0 Å². The van der Waals surface area contributed by atoms with Crippen molar-refractivity contribution in [2.24, 2.45) is 0 Å². The molecule has 0 bridgehead atoms. The lowest BCUT2D eigenvalue weighted by Crippen LogP contribution is -2.22. The monoisotopic (exact) mass is 366 g/mol. The lowest BCUT2D eigenvalue weighted by atomic mass is 9.95. The van der Waals surface area contributed by atoms with Crippen molar-refractivity contribution < 1.29 is 24.2 Å². The molecule has 1 amide bonds. The maximum absolute atomic E-state index is 12.6. The molecule has 0 aromatic carbocycles. The van der Waals surface area contributed by atoms with E-state index in [1.807, 2.05) is 13.8 Å². The fourth-order valence-corrected chi connectivity index (χ4v) is 4.07. The van der Waals surface area contributed by atoms with Crippen molar-refractivity contribution in [3.05, 3.63) is 16.0 Å². The van der Waals surface area contributed by atoms with Crippen LogP contribution in [-0.4, -0.2) is 23.9 Å². The van der Waals surface area contributed by atoms with Crippen molar-refractivity contribution in [2.75, 3.05) is 5.32 Å². The van der Waals surface area contributed by atoms with Gasteiger partial charge in [-0.15, -0.1) is 11.3 Å². The number of aryl methyl sites for hydroxylation is 1. The number of amides is 1. The first kappa shape index (κ1) is 19.4. The number of hydrogen-bond acceptors (Lipinski definition) is 6. The van der Waals surface area contributed by atoms with Crippen LogP contribution >= 0.6 is 11.3 Å². The highest BCUT2D eigenvalue weighted by Crippen LogP contribution is 2.38. The largest absolute Gasteiger partial charge is 0.550 e. The van der Waals surface area contributed by atoms with E-state index >= 15 is 0 Å². The minimum atomic E-state index is -1.17. The number of carbonyl (C=O) groups is 3. The highest BCUT2D eigenvalue weighted by molar-refractivity contribution is 7.17. The number of nitrogens with one attached hydrogen (secondary N) is 1. The molecular weight excluding hydrogens is 342 g/mol. The molecule has 1 atom stereocenters. The number of carboxylic acids is 1. The lowest BCUT2D eigenvalue weighted by molar-refractivity contribution is -0.305. The fourth-order valence-electron chi connectivity index (χ4n) is 2.78. The highest BCUT2D eigenvalue weighted by Gasteiger charge is 2.28. The summed E-state index contributed by atoms with van der Waals surface area (Å²) >= 11 is 1.43. The molecule has 0 spiro atoms. The summed E-state index contributed by atoms with van der Waals surface area (Å²) in [4.78, 5) is 36.3. The Hall–Kier alpha value is -1.89. The maximum Gasteiger partial charge on any atom is 0.341 e. The van der Waals surface area contributed by atoms with Gasteiger partial charge in [0.2, 0.25) is 5.91 Å². The SMILES string of the molecule is CC[C@@H](C)OC(=O)c1c(NC(=O)CCCC(=O)[O-])sc2c1CCCC2. The van der Waals surface area contributed by atoms with Gasteiger partial charge >= 0.3 is 5.97 Å². The molecule has 1 aromatic heterocycles. The van der Waals surface area contributed by atoms with Crippen molar-refractivity contribution in [3.8, 4) is 0 Å². The van der Waals surface area contributed by atoms with Crippen LogP contribution in [0.4, 0.5) is 5.00 Å². The van der Waals surface area contributed by atoms with Gasteiger partial charge in [-0.2, -0.15) is 0 Å². The number of carboxylic acid groups (broad SMARTS) is 1. The van der Waals surface area contributed by atoms with E-state index in [-0.39, 0.29) is 31.3 Å². The second-order valence-electron chi connectivity index (χ2n) is 6.31. The molecule has 0 radical (unpaired) electrons. The number of rotatable bonds is 8. The first-order chi connectivity index (χ1) is 11.9. The second kappa shape index (κ2) is 8.99. The zero-order chi connectivity index (χ0) is 18.4. The van der Waals surface area contributed by atoms with Gasteiger partial charge < -0.3 is 20.0 Å². The van der Waals surface area contributed by atoms with Crippen molar-refractivity contribution in [2.45, 2.75) is 71.3 Å². The molecule has 0 unspecified atom stereocenters. The van der Waals surface area contributed by atoms with E-state index in [2.05, 4.69) is 5.32 Å². The molecule has 1 aliphatic rings. The van der Waals surface area contributed by atoms with Crippen LogP contribution in [0.15, 0.2) is 0 Å². The average molecular weight is 366 g/mol. The van der Waals surface area contributed by atoms with Crippen LogP contribution in [0.5, 0.6) is 0 Å². The Morgan fingerprint density at radius 3 is 2.64 bits per heavy atom. The summed E-state index contributed by atoms with van der Waals surface area (Å²) in [6.07, 6.45) is 4.50. The van der Waals surface area contributed by atoms with Crippen molar-refractivity contribution >= 4 is 34.2 Å². The number of hydrogen-bond donors (Lipinski definition) is 1. The number of esters is 1. The molecule has 1 heterocycles. The van der Waals surface area contributed by atoms with Crippen LogP contribution < -0.4 is 10.4 Å². The number of carbonyl (C=O) groups excluding carboxylic acids is 3.